The molecule has 7 aromatic rings. The monoisotopic (exact) mass is 863 g/mol. The van der Waals surface area contributed by atoms with Crippen molar-refractivity contribution in [3.05, 3.63) is 179 Å². The molecule has 0 saturated carbocycles. The summed E-state index contributed by atoms with van der Waals surface area (Å²) in [5.74, 6) is 1.86. The Morgan fingerprint density at radius 1 is 0.667 bits per heavy atom. The molecule has 254 valence electrons. The fraction of sp³-hybridized carbons (Fsp3) is 0.159. The second-order valence-corrected chi connectivity index (χ2v) is 14.2. The van der Waals surface area contributed by atoms with Crippen LogP contribution in [0.25, 0.3) is 16.9 Å². The second kappa shape index (κ2) is 14.5. The largest absolute Gasteiger partial charge is 2.00 e. The molecule has 2 aromatic heterocycles. The first kappa shape index (κ1) is 34.7. The average molecular weight is 864 g/mol. The Bertz CT molecular complexity index is 2250. The number of rotatable bonds is 8. The Kier molecular flexibility index (Phi) is 9.83. The molecule has 7 heteroatoms. The summed E-state index contributed by atoms with van der Waals surface area (Å²) in [4.78, 5) is 7.36. The third-order valence-electron chi connectivity index (χ3n) is 9.37. The molecule has 0 N–H and O–H groups in total. The molecule has 0 amide bonds. The first-order valence-electron chi connectivity index (χ1n) is 17.0. The summed E-state index contributed by atoms with van der Waals surface area (Å²) in [7, 11) is 0. The van der Waals surface area contributed by atoms with Gasteiger partial charge in [-0.05, 0) is 64.0 Å². The van der Waals surface area contributed by atoms with E-state index in [1.165, 1.54) is 32.0 Å². The van der Waals surface area contributed by atoms with Crippen LogP contribution in [-0.4, -0.2) is 20.0 Å². The van der Waals surface area contributed by atoms with Gasteiger partial charge in [0.15, 0.2) is 0 Å². The van der Waals surface area contributed by atoms with Crippen molar-refractivity contribution in [2.24, 2.45) is 0 Å². The van der Waals surface area contributed by atoms with Crippen molar-refractivity contribution in [2.75, 3.05) is 0 Å². The van der Waals surface area contributed by atoms with Gasteiger partial charge in [0.1, 0.15) is 5.69 Å². The Morgan fingerprint density at radius 2 is 1.27 bits per heavy atom. The first-order valence-corrected chi connectivity index (χ1v) is 17.8. The van der Waals surface area contributed by atoms with Gasteiger partial charge < -0.3 is 4.74 Å². The zero-order valence-corrected chi connectivity index (χ0v) is 31.9. The van der Waals surface area contributed by atoms with E-state index in [1.54, 1.807) is 16.4 Å². The number of benzene rings is 5. The van der Waals surface area contributed by atoms with E-state index in [-0.39, 0.29) is 21.1 Å². The van der Waals surface area contributed by atoms with Crippen molar-refractivity contribution >= 4 is 11.8 Å². The minimum Gasteiger partial charge on any atom is -0.509 e. The molecular formula is C44H36N4OPtS. The average Bonchev–Trinajstić information content (AvgIpc) is 3.64. The van der Waals surface area contributed by atoms with E-state index in [1.807, 2.05) is 48.8 Å². The van der Waals surface area contributed by atoms with Gasteiger partial charge in [0, 0.05) is 33.1 Å². The Hall–Kier alpha value is -4.77. The van der Waals surface area contributed by atoms with E-state index < -0.39 is 5.41 Å². The predicted octanol–water partition coefficient (Wildman–Crippen LogP) is 10.8. The van der Waals surface area contributed by atoms with Crippen molar-refractivity contribution < 1.29 is 25.8 Å². The van der Waals surface area contributed by atoms with Crippen molar-refractivity contribution in [2.45, 2.75) is 54.7 Å². The minimum absolute atomic E-state index is 0. The van der Waals surface area contributed by atoms with Crippen LogP contribution in [0.4, 0.5) is 0 Å². The van der Waals surface area contributed by atoms with E-state index in [2.05, 4.69) is 135 Å². The molecule has 5 aromatic carbocycles. The second-order valence-electron chi connectivity index (χ2n) is 13.2. The van der Waals surface area contributed by atoms with Gasteiger partial charge in [-0.3, -0.25) is 4.98 Å². The number of hydrogen-bond acceptors (Lipinski definition) is 5. The van der Waals surface area contributed by atoms with Gasteiger partial charge in [-0.1, -0.05) is 105 Å². The zero-order chi connectivity index (χ0) is 34.2. The normalized spacial score (nSPS) is 13.0. The summed E-state index contributed by atoms with van der Waals surface area (Å²) in [6.45, 7) is 8.88. The maximum Gasteiger partial charge on any atom is 2.00 e. The molecule has 0 aliphatic carbocycles. The van der Waals surface area contributed by atoms with Gasteiger partial charge in [0.25, 0.3) is 0 Å². The maximum absolute atomic E-state index is 6.52. The molecule has 51 heavy (non-hydrogen) atoms. The molecule has 1 aliphatic rings. The number of fused-ring (bicyclic) bond motifs is 2. The summed E-state index contributed by atoms with van der Waals surface area (Å²) in [6, 6.07) is 48.9. The van der Waals surface area contributed by atoms with Crippen LogP contribution < -0.4 is 4.74 Å². The molecule has 0 atom stereocenters. The number of hydrogen-bond donors (Lipinski definition) is 0. The molecule has 0 radical (unpaired) electrons. The van der Waals surface area contributed by atoms with Gasteiger partial charge in [-0.15, -0.1) is 41.0 Å². The van der Waals surface area contributed by atoms with Gasteiger partial charge in [0.05, 0.1) is 17.3 Å². The van der Waals surface area contributed by atoms with Crippen molar-refractivity contribution in [3.8, 4) is 28.4 Å². The van der Waals surface area contributed by atoms with E-state index in [9.17, 15) is 0 Å². The SMILES string of the molecule is CC(C)c1cccc(C(C)C)c1-c1cn(-c2[c-]c(Oc3[c-]c(C4(c5ccccn5)c5ccccc5Sc5ccccc54)ccc3)ccc2)nn1.[Pt+2]. The Balaban J connectivity index is 0.00000406. The van der Waals surface area contributed by atoms with Gasteiger partial charge in [0.2, 0.25) is 0 Å². The molecule has 0 fully saturated rings. The molecule has 0 unspecified atom stereocenters. The van der Waals surface area contributed by atoms with Crippen molar-refractivity contribution in [3.63, 3.8) is 0 Å². The summed E-state index contributed by atoms with van der Waals surface area (Å²) in [5.41, 5.74) is 8.83. The van der Waals surface area contributed by atoms with Crippen molar-refractivity contribution in [1.29, 1.82) is 0 Å². The predicted molar refractivity (Wildman–Crippen MR) is 199 cm³/mol. The van der Waals surface area contributed by atoms with Gasteiger partial charge in [-0.25, -0.2) is 4.68 Å². The molecule has 0 saturated heterocycles. The Labute approximate surface area is 318 Å². The van der Waals surface area contributed by atoms with Crippen LogP contribution in [0, 0.1) is 12.1 Å². The van der Waals surface area contributed by atoms with Crippen LogP contribution >= 0.6 is 11.8 Å². The number of ether oxygens (including phenoxy) is 1. The van der Waals surface area contributed by atoms with Crippen LogP contribution in [0.5, 0.6) is 11.5 Å². The maximum atomic E-state index is 6.52. The van der Waals surface area contributed by atoms with Gasteiger partial charge in [-0.2, -0.15) is 18.2 Å². The number of aromatic nitrogens is 4. The smallest absolute Gasteiger partial charge is 0.509 e. The first-order chi connectivity index (χ1) is 24.4. The van der Waals surface area contributed by atoms with Crippen LogP contribution in [0.15, 0.2) is 144 Å². The topological polar surface area (TPSA) is 52.8 Å². The molecule has 0 bridgehead atoms. The standard InChI is InChI=1S/C44H36N4OS.Pt/c1-29(2)35-18-13-19-36(30(3)4)43(35)39-28-48(47-46-39)32-15-12-17-34(27-32)49-33-16-11-14-31(26-33)44(42-24-9-10-25-45-42)37-20-5-7-22-40(37)50-41-23-8-6-21-38(41)44;/h5-25,28-30H,1-4H3;/q-2;+2. The van der Waals surface area contributed by atoms with Crippen LogP contribution in [0.3, 0.4) is 0 Å². The molecule has 5 nitrogen and oxygen atoms in total. The van der Waals surface area contributed by atoms with Crippen LogP contribution in [0.1, 0.15) is 73.0 Å². The van der Waals surface area contributed by atoms with Crippen LogP contribution in [-0.2, 0) is 26.5 Å². The fourth-order valence-corrected chi connectivity index (χ4v) is 8.29. The van der Waals surface area contributed by atoms with E-state index in [0.29, 0.717) is 23.3 Å². The van der Waals surface area contributed by atoms with Crippen molar-refractivity contribution in [1.82, 2.24) is 20.0 Å². The zero-order valence-electron chi connectivity index (χ0n) is 28.8. The quantitative estimate of drug-likeness (QED) is 0.142. The van der Waals surface area contributed by atoms with E-state index in [0.717, 1.165) is 28.2 Å². The van der Waals surface area contributed by atoms with Gasteiger partial charge >= 0.3 is 21.1 Å². The molecule has 3 heterocycles. The summed E-state index contributed by atoms with van der Waals surface area (Å²) < 4.78 is 8.29. The fourth-order valence-electron chi connectivity index (χ4n) is 7.10. The molecule has 1 aliphatic heterocycles. The molecule has 0 spiro atoms. The number of pyridine rings is 1. The summed E-state index contributed by atoms with van der Waals surface area (Å²) in [6.07, 6.45) is 3.85. The third kappa shape index (κ3) is 6.26. The minimum atomic E-state index is -0.692. The van der Waals surface area contributed by atoms with E-state index in [4.69, 9.17) is 9.72 Å². The number of nitrogens with zero attached hydrogens (tertiary/aromatic N) is 4. The Morgan fingerprint density at radius 3 is 1.92 bits per heavy atom. The summed E-state index contributed by atoms with van der Waals surface area (Å²) in [5, 5.41) is 9.17. The summed E-state index contributed by atoms with van der Waals surface area (Å²) >= 11 is 1.79. The molecular weight excluding hydrogens is 828 g/mol. The third-order valence-corrected chi connectivity index (χ3v) is 10.5. The van der Waals surface area contributed by atoms with E-state index >= 15 is 0 Å². The molecule has 8 rings (SSSR count). The van der Waals surface area contributed by atoms with Crippen LogP contribution in [0.2, 0.25) is 0 Å².